The molecule has 1 heterocycles. The Morgan fingerprint density at radius 3 is 2.67 bits per heavy atom. The van der Waals surface area contributed by atoms with Crippen LogP contribution in [-0.2, 0) is 19.4 Å². The van der Waals surface area contributed by atoms with Gasteiger partial charge in [0.05, 0.1) is 7.11 Å². The summed E-state index contributed by atoms with van der Waals surface area (Å²) in [4.78, 5) is 4.67. The fraction of sp³-hybridized carbons (Fsp3) is 0.550. The second kappa shape index (κ2) is 11.9. The van der Waals surface area contributed by atoms with E-state index in [2.05, 4.69) is 56.4 Å². The molecule has 0 aliphatic heterocycles. The number of benzene rings is 1. The van der Waals surface area contributed by atoms with E-state index in [1.54, 1.807) is 13.4 Å². The molecule has 0 radical (unpaired) electrons. The first-order chi connectivity index (χ1) is 13.3. The van der Waals surface area contributed by atoms with Crippen LogP contribution >= 0.6 is 0 Å². The van der Waals surface area contributed by atoms with Gasteiger partial charge in [0, 0.05) is 32.6 Å². The normalized spacial score (nSPS) is 11.4. The van der Waals surface area contributed by atoms with E-state index < -0.39 is 0 Å². The lowest BCUT2D eigenvalue weighted by Crippen LogP contribution is -2.39. The first-order valence-electron chi connectivity index (χ1n) is 9.78. The first-order valence-corrected chi connectivity index (χ1v) is 9.78. The van der Waals surface area contributed by atoms with Crippen molar-refractivity contribution >= 4 is 5.96 Å². The van der Waals surface area contributed by atoms with E-state index in [4.69, 9.17) is 4.74 Å². The molecule has 2 aromatic rings. The summed E-state index contributed by atoms with van der Waals surface area (Å²) in [5.74, 6) is 2.78. The van der Waals surface area contributed by atoms with Crippen LogP contribution in [0.5, 0.6) is 5.75 Å². The summed E-state index contributed by atoms with van der Waals surface area (Å²) in [5, 5.41) is 14.7. The van der Waals surface area contributed by atoms with Crippen molar-refractivity contribution in [2.45, 2.75) is 46.1 Å². The first kappa shape index (κ1) is 20.7. The van der Waals surface area contributed by atoms with Crippen molar-refractivity contribution in [3.05, 3.63) is 42.0 Å². The molecule has 27 heavy (non-hydrogen) atoms. The maximum Gasteiger partial charge on any atom is 0.191 e. The van der Waals surface area contributed by atoms with Gasteiger partial charge in [-0.1, -0.05) is 19.1 Å². The summed E-state index contributed by atoms with van der Waals surface area (Å²) in [6, 6.07) is 8.29. The number of unbranched alkanes of at least 4 members (excludes halogenated alkanes) is 1. The lowest BCUT2D eigenvalue weighted by molar-refractivity contribution is 0.414. The zero-order valence-corrected chi connectivity index (χ0v) is 16.7. The van der Waals surface area contributed by atoms with E-state index in [9.17, 15) is 0 Å². The van der Waals surface area contributed by atoms with Crippen LogP contribution in [0.2, 0.25) is 0 Å². The van der Waals surface area contributed by atoms with Gasteiger partial charge in [-0.05, 0) is 43.9 Å². The Labute approximate surface area is 162 Å². The second-order valence-corrected chi connectivity index (χ2v) is 6.29. The van der Waals surface area contributed by atoms with Crippen LogP contribution in [0.15, 0.2) is 35.6 Å². The number of aromatic nitrogens is 3. The Bertz CT molecular complexity index is 680. The van der Waals surface area contributed by atoms with E-state index in [-0.39, 0.29) is 0 Å². The van der Waals surface area contributed by atoms with Crippen molar-refractivity contribution in [3.8, 4) is 5.75 Å². The fourth-order valence-corrected chi connectivity index (χ4v) is 2.80. The van der Waals surface area contributed by atoms with E-state index in [1.165, 1.54) is 5.56 Å². The topological polar surface area (TPSA) is 76.4 Å². The summed E-state index contributed by atoms with van der Waals surface area (Å²) in [7, 11) is 1.69. The molecule has 7 heteroatoms. The van der Waals surface area contributed by atoms with Gasteiger partial charge in [0.25, 0.3) is 0 Å². The van der Waals surface area contributed by atoms with Crippen molar-refractivity contribution in [2.75, 3.05) is 26.7 Å². The number of guanidine groups is 1. The third-order valence-electron chi connectivity index (χ3n) is 4.30. The number of hydrogen-bond donors (Lipinski definition) is 2. The molecule has 0 unspecified atom stereocenters. The van der Waals surface area contributed by atoms with Gasteiger partial charge in [0.1, 0.15) is 17.9 Å². The van der Waals surface area contributed by atoms with Crippen LogP contribution in [0.1, 0.15) is 38.1 Å². The molecular weight excluding hydrogens is 340 g/mol. The van der Waals surface area contributed by atoms with Gasteiger partial charge in [-0.2, -0.15) is 0 Å². The lowest BCUT2D eigenvalue weighted by Gasteiger charge is -2.12. The molecule has 0 fully saturated rings. The van der Waals surface area contributed by atoms with Gasteiger partial charge < -0.3 is 19.9 Å². The molecule has 7 nitrogen and oxygen atoms in total. The summed E-state index contributed by atoms with van der Waals surface area (Å²) >= 11 is 0. The third-order valence-corrected chi connectivity index (χ3v) is 4.30. The SMILES string of the molecule is CCNC(=NCCCCc1ccc(OC)cc1)NCCn1cnnc1CC. The van der Waals surface area contributed by atoms with Crippen LogP contribution < -0.4 is 15.4 Å². The predicted octanol–water partition coefficient (Wildman–Crippen LogP) is 2.43. The number of nitrogens with one attached hydrogen (secondary N) is 2. The van der Waals surface area contributed by atoms with E-state index in [0.29, 0.717) is 0 Å². The average molecular weight is 373 g/mol. The highest BCUT2D eigenvalue weighted by Crippen LogP contribution is 2.13. The van der Waals surface area contributed by atoms with Gasteiger partial charge in [0.15, 0.2) is 5.96 Å². The molecule has 0 spiro atoms. The molecule has 0 atom stereocenters. The molecule has 0 aliphatic carbocycles. The Morgan fingerprint density at radius 1 is 1.15 bits per heavy atom. The monoisotopic (exact) mass is 372 g/mol. The molecule has 1 aromatic heterocycles. The third kappa shape index (κ3) is 7.29. The number of rotatable bonds is 11. The van der Waals surface area contributed by atoms with Crippen molar-refractivity contribution < 1.29 is 4.74 Å². The lowest BCUT2D eigenvalue weighted by atomic mass is 10.1. The summed E-state index contributed by atoms with van der Waals surface area (Å²) < 4.78 is 7.26. The Hall–Kier alpha value is -2.57. The van der Waals surface area contributed by atoms with Crippen LogP contribution in [-0.4, -0.2) is 47.5 Å². The minimum atomic E-state index is 0.794. The molecule has 0 saturated heterocycles. The smallest absolute Gasteiger partial charge is 0.191 e. The maximum absolute atomic E-state index is 5.19. The molecule has 0 aliphatic rings. The largest absolute Gasteiger partial charge is 0.497 e. The van der Waals surface area contributed by atoms with Gasteiger partial charge in [-0.3, -0.25) is 4.99 Å². The van der Waals surface area contributed by atoms with Gasteiger partial charge in [0.2, 0.25) is 0 Å². The van der Waals surface area contributed by atoms with Gasteiger partial charge in [-0.15, -0.1) is 10.2 Å². The number of nitrogens with zero attached hydrogens (tertiary/aromatic N) is 4. The van der Waals surface area contributed by atoms with Crippen molar-refractivity contribution in [2.24, 2.45) is 4.99 Å². The number of hydrogen-bond acceptors (Lipinski definition) is 4. The minimum Gasteiger partial charge on any atom is -0.497 e. The average Bonchev–Trinajstić information content (AvgIpc) is 3.15. The van der Waals surface area contributed by atoms with Crippen LogP contribution in [0.4, 0.5) is 0 Å². The van der Waals surface area contributed by atoms with Gasteiger partial charge in [-0.25, -0.2) is 0 Å². The molecule has 0 saturated carbocycles. The zero-order chi connectivity index (χ0) is 19.3. The minimum absolute atomic E-state index is 0.794. The number of aryl methyl sites for hydroxylation is 2. The number of aliphatic imine (C=N–C) groups is 1. The molecule has 2 rings (SSSR count). The molecule has 0 bridgehead atoms. The quantitative estimate of drug-likeness (QED) is 0.360. The molecule has 148 valence electrons. The van der Waals surface area contributed by atoms with Crippen molar-refractivity contribution in [1.29, 1.82) is 0 Å². The highest BCUT2D eigenvalue weighted by Gasteiger charge is 2.02. The molecule has 2 N–H and O–H groups in total. The molecule has 1 aromatic carbocycles. The Balaban J connectivity index is 1.69. The standard InChI is InChI=1S/C20H32N6O/c1-4-19-25-24-16-26(19)15-14-23-20(21-5-2)22-13-7-6-8-17-9-11-18(27-3)12-10-17/h9-12,16H,4-8,13-15H2,1-3H3,(H2,21,22,23). The molecular formula is C20H32N6O. The summed E-state index contributed by atoms with van der Waals surface area (Å²) in [6.45, 7) is 7.46. The number of ether oxygens (including phenoxy) is 1. The predicted molar refractivity (Wildman–Crippen MR) is 109 cm³/mol. The van der Waals surface area contributed by atoms with Crippen LogP contribution in [0, 0.1) is 0 Å². The van der Waals surface area contributed by atoms with E-state index >= 15 is 0 Å². The molecule has 0 amide bonds. The van der Waals surface area contributed by atoms with E-state index in [0.717, 1.165) is 69.4 Å². The Morgan fingerprint density at radius 2 is 1.96 bits per heavy atom. The van der Waals surface area contributed by atoms with Crippen LogP contribution in [0.3, 0.4) is 0 Å². The van der Waals surface area contributed by atoms with Gasteiger partial charge >= 0.3 is 0 Å². The van der Waals surface area contributed by atoms with E-state index in [1.807, 2.05) is 12.1 Å². The van der Waals surface area contributed by atoms with Crippen molar-refractivity contribution in [3.63, 3.8) is 0 Å². The highest BCUT2D eigenvalue weighted by molar-refractivity contribution is 5.79. The summed E-state index contributed by atoms with van der Waals surface area (Å²) in [5.41, 5.74) is 1.34. The van der Waals surface area contributed by atoms with Crippen LogP contribution in [0.25, 0.3) is 0 Å². The highest BCUT2D eigenvalue weighted by atomic mass is 16.5. The van der Waals surface area contributed by atoms with Crippen molar-refractivity contribution in [1.82, 2.24) is 25.4 Å². The summed E-state index contributed by atoms with van der Waals surface area (Å²) in [6.07, 6.45) is 5.92. The zero-order valence-electron chi connectivity index (χ0n) is 16.7. The fourth-order valence-electron chi connectivity index (χ4n) is 2.80. The maximum atomic E-state index is 5.19. The second-order valence-electron chi connectivity index (χ2n) is 6.29. The number of methoxy groups -OCH3 is 1. The Kier molecular flexibility index (Phi) is 9.17.